The highest BCUT2D eigenvalue weighted by molar-refractivity contribution is 6.05. The lowest BCUT2D eigenvalue weighted by Crippen LogP contribution is -2.26. The minimum atomic E-state index is -0.325. The molecule has 3 aromatic carbocycles. The van der Waals surface area contributed by atoms with E-state index < -0.39 is 0 Å². The lowest BCUT2D eigenvalue weighted by atomic mass is 9.87. The summed E-state index contributed by atoms with van der Waals surface area (Å²) in [6.45, 7) is 6.26. The zero-order valence-corrected chi connectivity index (χ0v) is 19.7. The number of para-hydroxylation sites is 1. The Bertz CT molecular complexity index is 1070. The van der Waals surface area contributed by atoms with Crippen molar-refractivity contribution in [2.45, 2.75) is 52.4 Å². The van der Waals surface area contributed by atoms with Gasteiger partial charge in [0, 0.05) is 11.6 Å². The van der Waals surface area contributed by atoms with Gasteiger partial charge in [0.05, 0.1) is 6.42 Å². The van der Waals surface area contributed by atoms with E-state index in [1.807, 2.05) is 60.7 Å². The first kappa shape index (κ1) is 24.2. The molecule has 0 aliphatic rings. The summed E-state index contributed by atoms with van der Waals surface area (Å²) in [5.41, 5.74) is 5.02. The molecule has 0 saturated carbocycles. The fraction of sp³-hybridized carbons (Fsp3) is 0.310. The molecule has 0 aromatic heterocycles. The summed E-state index contributed by atoms with van der Waals surface area (Å²) in [5, 5.41) is 12.6. The quantitative estimate of drug-likeness (QED) is 0.373. The number of carbonyl (C=O) groups is 2. The standard InChI is InChI=1S/C29H33NO3/c1-4-23-11-8-12-26(20(2)3)29(23)30-28(33)19-27(32)24(17-21-9-6-5-7-10-21)18-22-13-15-25(31)16-14-22/h5-16,20,24,31H,4,17-19H2,1-3H3,(H,30,33). The zero-order chi connectivity index (χ0) is 23.8. The van der Waals surface area contributed by atoms with Crippen LogP contribution in [0.2, 0.25) is 0 Å². The molecule has 1 unspecified atom stereocenters. The molecule has 4 heteroatoms. The van der Waals surface area contributed by atoms with Gasteiger partial charge in [-0.2, -0.15) is 0 Å². The fourth-order valence-electron chi connectivity index (χ4n) is 4.15. The number of carbonyl (C=O) groups excluding carboxylic acids is 2. The van der Waals surface area contributed by atoms with Gasteiger partial charge in [0.25, 0.3) is 0 Å². The first-order chi connectivity index (χ1) is 15.9. The number of ketones is 1. The molecule has 3 rings (SSSR count). The van der Waals surface area contributed by atoms with Crippen LogP contribution in [0.3, 0.4) is 0 Å². The molecule has 0 fully saturated rings. The average Bonchev–Trinajstić information content (AvgIpc) is 2.80. The molecule has 3 aromatic rings. The van der Waals surface area contributed by atoms with Crippen molar-refractivity contribution < 1.29 is 14.7 Å². The van der Waals surface area contributed by atoms with E-state index in [0.29, 0.717) is 12.8 Å². The van der Waals surface area contributed by atoms with Gasteiger partial charge in [0.1, 0.15) is 11.5 Å². The monoisotopic (exact) mass is 443 g/mol. The molecular weight excluding hydrogens is 410 g/mol. The third-order valence-corrected chi connectivity index (χ3v) is 5.98. The summed E-state index contributed by atoms with van der Waals surface area (Å²) in [7, 11) is 0. The van der Waals surface area contributed by atoms with E-state index in [1.165, 1.54) is 0 Å². The van der Waals surface area contributed by atoms with E-state index in [-0.39, 0.29) is 35.7 Å². The van der Waals surface area contributed by atoms with Crippen molar-refractivity contribution in [3.63, 3.8) is 0 Å². The van der Waals surface area contributed by atoms with Crippen molar-refractivity contribution in [3.8, 4) is 5.75 Å². The van der Waals surface area contributed by atoms with Gasteiger partial charge >= 0.3 is 0 Å². The Morgan fingerprint density at radius 1 is 0.848 bits per heavy atom. The summed E-state index contributed by atoms with van der Waals surface area (Å²) in [6.07, 6.45) is 1.73. The molecule has 0 bridgehead atoms. The van der Waals surface area contributed by atoms with Crippen LogP contribution in [0.15, 0.2) is 72.8 Å². The molecular formula is C29H33NO3. The van der Waals surface area contributed by atoms with Gasteiger partial charge in [-0.15, -0.1) is 0 Å². The molecule has 0 aliphatic heterocycles. The molecule has 0 aliphatic carbocycles. The van der Waals surface area contributed by atoms with E-state index in [9.17, 15) is 14.7 Å². The summed E-state index contributed by atoms with van der Waals surface area (Å²) >= 11 is 0. The van der Waals surface area contributed by atoms with Crippen LogP contribution in [-0.2, 0) is 28.9 Å². The van der Waals surface area contributed by atoms with Crippen LogP contribution < -0.4 is 5.32 Å². The smallest absolute Gasteiger partial charge is 0.231 e. The van der Waals surface area contributed by atoms with Crippen LogP contribution in [0.5, 0.6) is 5.75 Å². The van der Waals surface area contributed by atoms with Gasteiger partial charge < -0.3 is 10.4 Å². The van der Waals surface area contributed by atoms with Crippen LogP contribution >= 0.6 is 0 Å². The number of anilines is 1. The highest BCUT2D eigenvalue weighted by Crippen LogP contribution is 2.29. The molecule has 172 valence electrons. The third kappa shape index (κ3) is 6.79. The van der Waals surface area contributed by atoms with Crippen molar-refractivity contribution in [1.82, 2.24) is 0 Å². The van der Waals surface area contributed by atoms with Crippen molar-refractivity contribution in [2.24, 2.45) is 5.92 Å². The SMILES string of the molecule is CCc1cccc(C(C)C)c1NC(=O)CC(=O)C(Cc1ccccc1)Cc1ccc(O)cc1. The lowest BCUT2D eigenvalue weighted by Gasteiger charge is -2.19. The summed E-state index contributed by atoms with van der Waals surface area (Å²) in [5.74, 6) is -0.216. The van der Waals surface area contributed by atoms with Crippen LogP contribution in [0.25, 0.3) is 0 Å². The number of benzene rings is 3. The number of nitrogens with one attached hydrogen (secondary N) is 1. The Balaban J connectivity index is 1.77. The molecule has 0 spiro atoms. The number of aryl methyl sites for hydroxylation is 1. The lowest BCUT2D eigenvalue weighted by molar-refractivity contribution is -0.128. The second kappa shape index (κ2) is 11.5. The van der Waals surface area contributed by atoms with Gasteiger partial charge in [-0.3, -0.25) is 9.59 Å². The maximum Gasteiger partial charge on any atom is 0.231 e. The number of phenolic OH excluding ortho intramolecular Hbond substituents is 1. The Morgan fingerprint density at radius 3 is 2.09 bits per heavy atom. The zero-order valence-electron chi connectivity index (χ0n) is 19.7. The van der Waals surface area contributed by atoms with Crippen LogP contribution in [-0.4, -0.2) is 16.8 Å². The maximum absolute atomic E-state index is 13.3. The Morgan fingerprint density at radius 2 is 1.48 bits per heavy atom. The van der Waals surface area contributed by atoms with Gasteiger partial charge in [0.2, 0.25) is 5.91 Å². The number of Topliss-reactive ketones (excluding diaryl/α,β-unsaturated/α-hetero) is 1. The highest BCUT2D eigenvalue weighted by atomic mass is 16.3. The molecule has 0 heterocycles. The number of hydrogen-bond donors (Lipinski definition) is 2. The predicted octanol–water partition coefficient (Wildman–Crippen LogP) is 6.08. The number of aromatic hydroxyl groups is 1. The third-order valence-electron chi connectivity index (χ3n) is 5.98. The minimum Gasteiger partial charge on any atom is -0.508 e. The van der Waals surface area contributed by atoms with Gasteiger partial charge in [-0.1, -0.05) is 81.4 Å². The second-order valence-electron chi connectivity index (χ2n) is 8.84. The van der Waals surface area contributed by atoms with E-state index in [4.69, 9.17) is 0 Å². The summed E-state index contributed by atoms with van der Waals surface area (Å²) < 4.78 is 0. The van der Waals surface area contributed by atoms with Gasteiger partial charge in [-0.25, -0.2) is 0 Å². The van der Waals surface area contributed by atoms with E-state index in [0.717, 1.165) is 34.4 Å². The number of hydrogen-bond acceptors (Lipinski definition) is 3. The Hall–Kier alpha value is -3.40. The highest BCUT2D eigenvalue weighted by Gasteiger charge is 2.23. The largest absolute Gasteiger partial charge is 0.508 e. The Labute approximate surface area is 196 Å². The fourth-order valence-corrected chi connectivity index (χ4v) is 4.15. The van der Waals surface area contributed by atoms with Crippen molar-refractivity contribution in [1.29, 1.82) is 0 Å². The van der Waals surface area contributed by atoms with E-state index >= 15 is 0 Å². The number of rotatable bonds is 10. The van der Waals surface area contributed by atoms with Gasteiger partial charge in [-0.05, 0) is 59.6 Å². The van der Waals surface area contributed by atoms with Crippen LogP contribution in [0.4, 0.5) is 5.69 Å². The minimum absolute atomic E-state index is 0.0792. The number of amides is 1. The summed E-state index contributed by atoms with van der Waals surface area (Å²) in [6, 6.07) is 22.8. The first-order valence-corrected chi connectivity index (χ1v) is 11.6. The number of phenols is 1. The second-order valence-corrected chi connectivity index (χ2v) is 8.84. The normalized spacial score (nSPS) is 11.9. The maximum atomic E-state index is 13.3. The topological polar surface area (TPSA) is 66.4 Å². The molecule has 2 N–H and O–H groups in total. The molecule has 1 amide bonds. The van der Waals surface area contributed by atoms with Gasteiger partial charge in [0.15, 0.2) is 0 Å². The molecule has 33 heavy (non-hydrogen) atoms. The van der Waals surface area contributed by atoms with Crippen molar-refractivity contribution in [3.05, 3.63) is 95.1 Å². The molecule has 0 saturated heterocycles. The van der Waals surface area contributed by atoms with Crippen LogP contribution in [0, 0.1) is 5.92 Å². The van der Waals surface area contributed by atoms with Crippen molar-refractivity contribution >= 4 is 17.4 Å². The van der Waals surface area contributed by atoms with Crippen molar-refractivity contribution in [2.75, 3.05) is 5.32 Å². The molecule has 4 nitrogen and oxygen atoms in total. The molecule has 1 atom stereocenters. The first-order valence-electron chi connectivity index (χ1n) is 11.6. The van der Waals surface area contributed by atoms with E-state index in [2.05, 4.69) is 26.1 Å². The van der Waals surface area contributed by atoms with E-state index in [1.54, 1.807) is 12.1 Å². The predicted molar refractivity (Wildman–Crippen MR) is 134 cm³/mol. The molecule has 0 radical (unpaired) electrons. The average molecular weight is 444 g/mol. The summed E-state index contributed by atoms with van der Waals surface area (Å²) in [4.78, 5) is 26.2. The Kier molecular flexibility index (Phi) is 8.42. The van der Waals surface area contributed by atoms with Crippen LogP contribution in [0.1, 0.15) is 55.4 Å².